The molecule has 0 saturated carbocycles. The average molecular weight is 314 g/mol. The van der Waals surface area contributed by atoms with Gasteiger partial charge in [0.25, 0.3) is 5.69 Å². The van der Waals surface area contributed by atoms with Gasteiger partial charge < -0.3 is 10.2 Å². The summed E-state index contributed by atoms with van der Waals surface area (Å²) in [5.74, 6) is -0.0146. The van der Waals surface area contributed by atoms with Crippen molar-refractivity contribution in [2.45, 2.75) is 24.8 Å². The number of halogens is 4. The number of nitro benzene ring substituents is 1. The van der Waals surface area contributed by atoms with Gasteiger partial charge in [-0.15, -0.1) is 11.6 Å². The Morgan fingerprint density at radius 2 is 1.90 bits per heavy atom. The van der Waals surface area contributed by atoms with Crippen LogP contribution in [0.15, 0.2) is 18.2 Å². The first kappa shape index (κ1) is 16.7. The topological polar surface area (TPSA) is 83.6 Å². The summed E-state index contributed by atoms with van der Waals surface area (Å²) in [6, 6.07) is 1.72. The normalized spacial score (nSPS) is 14.9. The minimum absolute atomic E-state index is 0.0146. The number of alkyl halides is 4. The summed E-state index contributed by atoms with van der Waals surface area (Å²) in [7, 11) is 0. The third kappa shape index (κ3) is 4.06. The molecule has 1 rings (SSSR count). The minimum atomic E-state index is -4.79. The van der Waals surface area contributed by atoms with Gasteiger partial charge in [-0.2, -0.15) is 13.2 Å². The predicted octanol–water partition coefficient (Wildman–Crippen LogP) is 2.64. The van der Waals surface area contributed by atoms with E-state index in [0.717, 1.165) is 6.07 Å². The second kappa shape index (κ2) is 6.38. The Labute approximate surface area is 116 Å². The van der Waals surface area contributed by atoms with E-state index in [2.05, 4.69) is 0 Å². The molecule has 0 bridgehead atoms. The van der Waals surface area contributed by atoms with Gasteiger partial charge in [-0.3, -0.25) is 10.1 Å². The van der Waals surface area contributed by atoms with Gasteiger partial charge >= 0.3 is 6.18 Å². The van der Waals surface area contributed by atoms with Gasteiger partial charge in [0.2, 0.25) is 0 Å². The van der Waals surface area contributed by atoms with E-state index in [0.29, 0.717) is 12.1 Å². The smallest absolute Gasteiger partial charge is 0.390 e. The van der Waals surface area contributed by atoms with E-state index in [-0.39, 0.29) is 17.9 Å². The Morgan fingerprint density at radius 3 is 2.35 bits per heavy atom. The molecule has 1 aromatic rings. The van der Waals surface area contributed by atoms with Crippen molar-refractivity contribution in [3.05, 3.63) is 39.4 Å². The fraction of sp³-hybridized carbons (Fsp3) is 0.455. The van der Waals surface area contributed by atoms with Crippen molar-refractivity contribution in [1.29, 1.82) is 0 Å². The summed E-state index contributed by atoms with van der Waals surface area (Å²) < 4.78 is 37.9. The summed E-state index contributed by atoms with van der Waals surface area (Å²) in [5.41, 5.74) is -2.46. The van der Waals surface area contributed by atoms with Crippen molar-refractivity contribution in [3.63, 3.8) is 0 Å². The highest BCUT2D eigenvalue weighted by Gasteiger charge is 2.34. The SMILES string of the molecule is O=[N+]([O-])c1cc(C(O)C(O)CCCl)cc(C(F)(F)F)c1. The molecular formula is C11H11ClF3NO4. The number of aliphatic hydroxyl groups is 2. The molecule has 0 amide bonds. The van der Waals surface area contributed by atoms with Crippen LogP contribution < -0.4 is 0 Å². The van der Waals surface area contributed by atoms with Crippen LogP contribution >= 0.6 is 11.6 Å². The molecule has 0 fully saturated rings. The first-order valence-electron chi connectivity index (χ1n) is 5.45. The Hall–Kier alpha value is -1.38. The number of rotatable bonds is 5. The van der Waals surface area contributed by atoms with Gasteiger partial charge in [-0.05, 0) is 18.1 Å². The van der Waals surface area contributed by atoms with Crippen LogP contribution in [-0.2, 0) is 6.18 Å². The van der Waals surface area contributed by atoms with Crippen molar-refractivity contribution >= 4 is 17.3 Å². The van der Waals surface area contributed by atoms with Crippen LogP contribution in [0.4, 0.5) is 18.9 Å². The van der Waals surface area contributed by atoms with Crippen LogP contribution in [0.25, 0.3) is 0 Å². The van der Waals surface area contributed by atoms with Crippen molar-refractivity contribution in [2.75, 3.05) is 5.88 Å². The molecule has 0 radical (unpaired) electrons. The van der Waals surface area contributed by atoms with E-state index >= 15 is 0 Å². The molecule has 0 aliphatic rings. The molecule has 2 atom stereocenters. The Bertz CT molecular complexity index is 495. The van der Waals surface area contributed by atoms with Crippen LogP contribution in [0, 0.1) is 10.1 Å². The van der Waals surface area contributed by atoms with Crippen molar-refractivity contribution in [3.8, 4) is 0 Å². The second-order valence-corrected chi connectivity index (χ2v) is 4.44. The predicted molar refractivity (Wildman–Crippen MR) is 64.4 cm³/mol. The van der Waals surface area contributed by atoms with Crippen LogP contribution in [0.5, 0.6) is 0 Å². The zero-order valence-electron chi connectivity index (χ0n) is 9.97. The third-order valence-corrected chi connectivity index (χ3v) is 2.81. The first-order chi connectivity index (χ1) is 9.16. The molecule has 5 nitrogen and oxygen atoms in total. The lowest BCUT2D eigenvalue weighted by atomic mass is 9.99. The lowest BCUT2D eigenvalue weighted by Crippen LogP contribution is -2.19. The first-order valence-corrected chi connectivity index (χ1v) is 5.99. The number of nitro groups is 1. The molecule has 0 spiro atoms. The summed E-state index contributed by atoms with van der Waals surface area (Å²) in [6.45, 7) is 0. The minimum Gasteiger partial charge on any atom is -0.390 e. The van der Waals surface area contributed by atoms with Gasteiger partial charge in [0.15, 0.2) is 0 Å². The Kier molecular flexibility index (Phi) is 5.32. The number of non-ortho nitro benzene ring substituents is 1. The monoisotopic (exact) mass is 313 g/mol. The number of nitrogens with zero attached hydrogens (tertiary/aromatic N) is 1. The van der Waals surface area contributed by atoms with Gasteiger partial charge in [-0.1, -0.05) is 0 Å². The van der Waals surface area contributed by atoms with Crippen molar-refractivity contribution in [2.24, 2.45) is 0 Å². The fourth-order valence-corrected chi connectivity index (χ4v) is 1.79. The number of hydrogen-bond acceptors (Lipinski definition) is 4. The fourth-order valence-electron chi connectivity index (χ4n) is 1.57. The highest BCUT2D eigenvalue weighted by molar-refractivity contribution is 6.17. The molecule has 2 N–H and O–H groups in total. The second-order valence-electron chi connectivity index (χ2n) is 4.06. The highest BCUT2D eigenvalue weighted by atomic mass is 35.5. The zero-order chi connectivity index (χ0) is 15.5. The summed E-state index contributed by atoms with van der Waals surface area (Å²) in [5, 5.41) is 29.9. The average Bonchev–Trinajstić information content (AvgIpc) is 2.36. The Morgan fingerprint density at radius 1 is 1.30 bits per heavy atom. The third-order valence-electron chi connectivity index (χ3n) is 2.59. The van der Waals surface area contributed by atoms with Crippen molar-refractivity contribution < 1.29 is 28.3 Å². The Balaban J connectivity index is 3.25. The molecule has 112 valence electrons. The quantitative estimate of drug-likeness (QED) is 0.497. The maximum absolute atomic E-state index is 12.6. The van der Waals surface area contributed by atoms with Crippen LogP contribution in [-0.4, -0.2) is 27.1 Å². The highest BCUT2D eigenvalue weighted by Crippen LogP contribution is 2.34. The zero-order valence-corrected chi connectivity index (χ0v) is 10.7. The van der Waals surface area contributed by atoms with Gasteiger partial charge in [-0.25, -0.2) is 0 Å². The van der Waals surface area contributed by atoms with E-state index in [1.54, 1.807) is 0 Å². The van der Waals surface area contributed by atoms with E-state index in [1.165, 1.54) is 0 Å². The molecule has 1 aromatic carbocycles. The van der Waals surface area contributed by atoms with Gasteiger partial charge in [0.05, 0.1) is 16.6 Å². The lowest BCUT2D eigenvalue weighted by molar-refractivity contribution is -0.385. The number of aliphatic hydroxyl groups excluding tert-OH is 2. The molecule has 0 aromatic heterocycles. The molecule has 0 saturated heterocycles. The van der Waals surface area contributed by atoms with Gasteiger partial charge in [0, 0.05) is 18.0 Å². The maximum atomic E-state index is 12.6. The lowest BCUT2D eigenvalue weighted by Gasteiger charge is -2.18. The molecule has 2 unspecified atom stereocenters. The molecule has 0 aliphatic heterocycles. The van der Waals surface area contributed by atoms with Gasteiger partial charge in [0.1, 0.15) is 6.10 Å². The maximum Gasteiger partial charge on any atom is 0.416 e. The van der Waals surface area contributed by atoms with E-state index in [4.69, 9.17) is 11.6 Å². The standard InChI is InChI=1S/C11H11ClF3NO4/c12-2-1-9(17)10(18)6-3-7(11(13,14)15)5-8(4-6)16(19)20/h3-5,9-10,17-18H,1-2H2. The molecule has 9 heteroatoms. The number of benzene rings is 1. The van der Waals surface area contributed by atoms with Crippen LogP contribution in [0.3, 0.4) is 0 Å². The molecule has 20 heavy (non-hydrogen) atoms. The molecule has 0 aliphatic carbocycles. The van der Waals surface area contributed by atoms with Crippen LogP contribution in [0.1, 0.15) is 23.7 Å². The summed E-state index contributed by atoms with van der Waals surface area (Å²) >= 11 is 5.35. The number of hydrogen-bond donors (Lipinski definition) is 2. The van der Waals surface area contributed by atoms with E-state index in [1.807, 2.05) is 0 Å². The van der Waals surface area contributed by atoms with E-state index in [9.17, 15) is 33.5 Å². The summed E-state index contributed by atoms with van der Waals surface area (Å²) in [4.78, 5) is 9.62. The van der Waals surface area contributed by atoms with Crippen LogP contribution in [0.2, 0.25) is 0 Å². The molecule has 0 heterocycles. The molecular weight excluding hydrogens is 303 g/mol. The van der Waals surface area contributed by atoms with Crippen molar-refractivity contribution in [1.82, 2.24) is 0 Å². The summed E-state index contributed by atoms with van der Waals surface area (Å²) in [6.07, 6.45) is -7.95. The largest absolute Gasteiger partial charge is 0.416 e. The van der Waals surface area contributed by atoms with E-state index < -0.39 is 34.6 Å².